The fourth-order valence-corrected chi connectivity index (χ4v) is 1.70. The summed E-state index contributed by atoms with van der Waals surface area (Å²) in [4.78, 5) is 11.8. The Labute approximate surface area is 119 Å². The predicted molar refractivity (Wildman–Crippen MR) is 77.1 cm³/mol. The van der Waals surface area contributed by atoms with Crippen LogP contribution in [-0.2, 0) is 9.47 Å². The third-order valence-corrected chi connectivity index (χ3v) is 2.83. The van der Waals surface area contributed by atoms with Gasteiger partial charge in [0.1, 0.15) is 5.75 Å². The van der Waals surface area contributed by atoms with Crippen LogP contribution >= 0.6 is 0 Å². The van der Waals surface area contributed by atoms with Crippen molar-refractivity contribution in [3.05, 3.63) is 29.3 Å². The monoisotopic (exact) mass is 281 g/mol. The molecule has 0 aromatic heterocycles. The summed E-state index contributed by atoms with van der Waals surface area (Å²) in [7, 11) is 1.64. The zero-order valence-corrected chi connectivity index (χ0v) is 12.1. The van der Waals surface area contributed by atoms with Crippen LogP contribution < -0.4 is 5.32 Å². The maximum absolute atomic E-state index is 11.8. The highest BCUT2D eigenvalue weighted by Gasteiger charge is 2.09. The molecule has 2 N–H and O–H groups in total. The summed E-state index contributed by atoms with van der Waals surface area (Å²) in [6.45, 7) is 4.29. The van der Waals surface area contributed by atoms with Gasteiger partial charge in [0.15, 0.2) is 0 Å². The highest BCUT2D eigenvalue weighted by Crippen LogP contribution is 2.17. The Morgan fingerprint density at radius 3 is 2.75 bits per heavy atom. The van der Waals surface area contributed by atoms with E-state index >= 15 is 0 Å². The molecule has 5 heteroatoms. The van der Waals surface area contributed by atoms with Gasteiger partial charge < -0.3 is 19.9 Å². The van der Waals surface area contributed by atoms with Crippen molar-refractivity contribution in [3.8, 4) is 5.75 Å². The summed E-state index contributed by atoms with van der Waals surface area (Å²) in [5.41, 5.74) is 1.24. The van der Waals surface area contributed by atoms with Crippen LogP contribution in [-0.4, -0.2) is 44.5 Å². The van der Waals surface area contributed by atoms with E-state index in [-0.39, 0.29) is 11.7 Å². The molecule has 1 aromatic carbocycles. The number of nitrogens with one attached hydrogen (secondary N) is 1. The van der Waals surface area contributed by atoms with Crippen LogP contribution in [0.15, 0.2) is 18.2 Å². The van der Waals surface area contributed by atoms with Crippen LogP contribution in [0.1, 0.15) is 28.8 Å². The minimum Gasteiger partial charge on any atom is -0.507 e. The molecule has 0 aliphatic carbocycles. The van der Waals surface area contributed by atoms with Gasteiger partial charge in [-0.1, -0.05) is 6.07 Å². The van der Waals surface area contributed by atoms with Gasteiger partial charge in [0, 0.05) is 20.3 Å². The van der Waals surface area contributed by atoms with Gasteiger partial charge in [0.2, 0.25) is 0 Å². The summed E-state index contributed by atoms with van der Waals surface area (Å²) >= 11 is 0. The Bertz CT molecular complexity index is 420. The van der Waals surface area contributed by atoms with Crippen molar-refractivity contribution in [2.75, 3.05) is 33.5 Å². The Morgan fingerprint density at radius 1 is 1.25 bits per heavy atom. The molecule has 5 nitrogen and oxygen atoms in total. The Kier molecular flexibility index (Phi) is 7.69. The molecule has 0 unspecified atom stereocenters. The normalized spacial score (nSPS) is 10.5. The number of unbranched alkanes of at least 4 members (excludes halogenated alkanes) is 1. The van der Waals surface area contributed by atoms with Gasteiger partial charge in [0.25, 0.3) is 5.91 Å². The molecule has 0 bridgehead atoms. The molecule has 0 heterocycles. The zero-order valence-electron chi connectivity index (χ0n) is 12.1. The van der Waals surface area contributed by atoms with E-state index < -0.39 is 0 Å². The number of ether oxygens (including phenoxy) is 2. The van der Waals surface area contributed by atoms with Crippen molar-refractivity contribution in [2.45, 2.75) is 19.8 Å². The molecule has 0 saturated heterocycles. The van der Waals surface area contributed by atoms with E-state index in [1.54, 1.807) is 25.3 Å². The van der Waals surface area contributed by atoms with Gasteiger partial charge in [-0.3, -0.25) is 4.79 Å². The summed E-state index contributed by atoms with van der Waals surface area (Å²) < 4.78 is 10.2. The van der Waals surface area contributed by atoms with Gasteiger partial charge in [-0.25, -0.2) is 0 Å². The second kappa shape index (κ2) is 9.34. The molecule has 1 rings (SSSR count). The quantitative estimate of drug-likeness (QED) is 0.678. The molecule has 0 atom stereocenters. The highest BCUT2D eigenvalue weighted by molar-refractivity contribution is 5.96. The third-order valence-electron chi connectivity index (χ3n) is 2.83. The van der Waals surface area contributed by atoms with Crippen LogP contribution in [0, 0.1) is 6.92 Å². The lowest BCUT2D eigenvalue weighted by Crippen LogP contribution is -2.24. The summed E-state index contributed by atoms with van der Waals surface area (Å²) in [6.07, 6.45) is 1.72. The Balaban J connectivity index is 2.17. The number of methoxy groups -OCH3 is 1. The zero-order chi connectivity index (χ0) is 14.8. The maximum atomic E-state index is 11.8. The van der Waals surface area contributed by atoms with Crippen LogP contribution in [0.5, 0.6) is 5.75 Å². The van der Waals surface area contributed by atoms with E-state index in [9.17, 15) is 9.90 Å². The van der Waals surface area contributed by atoms with E-state index in [0.717, 1.165) is 18.4 Å². The molecular formula is C15H23NO4. The van der Waals surface area contributed by atoms with Crippen molar-refractivity contribution in [3.63, 3.8) is 0 Å². The minimum absolute atomic E-state index is 0.0189. The lowest BCUT2D eigenvalue weighted by molar-refractivity contribution is 0.0686. The van der Waals surface area contributed by atoms with Crippen molar-refractivity contribution in [1.29, 1.82) is 0 Å². The molecule has 1 aromatic rings. The number of amides is 1. The van der Waals surface area contributed by atoms with Crippen LogP contribution in [0.3, 0.4) is 0 Å². The molecule has 0 aliphatic rings. The van der Waals surface area contributed by atoms with Gasteiger partial charge in [0.05, 0.1) is 18.8 Å². The number of aryl methyl sites for hydroxylation is 1. The number of carbonyl (C=O) groups excluding carboxylic acids is 1. The third kappa shape index (κ3) is 6.04. The van der Waals surface area contributed by atoms with Crippen molar-refractivity contribution < 1.29 is 19.4 Å². The van der Waals surface area contributed by atoms with Crippen molar-refractivity contribution in [1.82, 2.24) is 5.32 Å². The van der Waals surface area contributed by atoms with E-state index in [2.05, 4.69) is 5.32 Å². The molecule has 0 saturated carbocycles. The molecule has 112 valence electrons. The largest absolute Gasteiger partial charge is 0.507 e. The van der Waals surface area contributed by atoms with E-state index in [1.165, 1.54) is 0 Å². The first-order chi connectivity index (χ1) is 9.65. The lowest BCUT2D eigenvalue weighted by Gasteiger charge is -2.07. The SMILES string of the molecule is COCCOCCCCNC(=O)c1ccc(C)cc1O. The van der Waals surface area contributed by atoms with Crippen molar-refractivity contribution in [2.24, 2.45) is 0 Å². The fourth-order valence-electron chi connectivity index (χ4n) is 1.70. The number of rotatable bonds is 9. The lowest BCUT2D eigenvalue weighted by atomic mass is 10.1. The molecule has 0 aliphatic heterocycles. The summed E-state index contributed by atoms with van der Waals surface area (Å²) in [5.74, 6) is -0.229. The minimum atomic E-state index is -0.247. The number of hydrogen-bond donors (Lipinski definition) is 2. The van der Waals surface area contributed by atoms with E-state index in [1.807, 2.05) is 6.92 Å². The predicted octanol–water partition coefficient (Wildman–Crippen LogP) is 1.87. The Hall–Kier alpha value is -1.59. The standard InChI is InChI=1S/C15H23NO4/c1-12-5-6-13(14(17)11-12)15(18)16-7-3-4-8-20-10-9-19-2/h5-6,11,17H,3-4,7-10H2,1-2H3,(H,16,18). The number of benzene rings is 1. The van der Waals surface area contributed by atoms with Gasteiger partial charge >= 0.3 is 0 Å². The van der Waals surface area contributed by atoms with Gasteiger partial charge in [-0.2, -0.15) is 0 Å². The molecule has 1 amide bonds. The second-order valence-corrected chi connectivity index (χ2v) is 4.59. The average Bonchev–Trinajstić information content (AvgIpc) is 2.41. The molecule has 0 spiro atoms. The number of phenolic OH excluding ortho intramolecular Hbond substituents is 1. The van der Waals surface area contributed by atoms with E-state index in [0.29, 0.717) is 31.9 Å². The Morgan fingerprint density at radius 2 is 2.05 bits per heavy atom. The number of hydrogen-bond acceptors (Lipinski definition) is 4. The number of carbonyl (C=O) groups is 1. The first-order valence-corrected chi connectivity index (χ1v) is 6.79. The molecule has 20 heavy (non-hydrogen) atoms. The second-order valence-electron chi connectivity index (χ2n) is 4.59. The first-order valence-electron chi connectivity index (χ1n) is 6.79. The van der Waals surface area contributed by atoms with Crippen molar-refractivity contribution >= 4 is 5.91 Å². The summed E-state index contributed by atoms with van der Waals surface area (Å²) in [6, 6.07) is 5.02. The molecular weight excluding hydrogens is 258 g/mol. The van der Waals surface area contributed by atoms with Gasteiger partial charge in [-0.15, -0.1) is 0 Å². The van der Waals surface area contributed by atoms with Crippen LogP contribution in [0.2, 0.25) is 0 Å². The fraction of sp³-hybridized carbons (Fsp3) is 0.533. The van der Waals surface area contributed by atoms with Crippen LogP contribution in [0.4, 0.5) is 0 Å². The topological polar surface area (TPSA) is 67.8 Å². The summed E-state index contributed by atoms with van der Waals surface area (Å²) in [5, 5.41) is 12.5. The molecule has 0 radical (unpaired) electrons. The first kappa shape index (κ1) is 16.5. The van der Waals surface area contributed by atoms with Crippen LogP contribution in [0.25, 0.3) is 0 Å². The highest BCUT2D eigenvalue weighted by atomic mass is 16.5. The number of phenols is 1. The van der Waals surface area contributed by atoms with Gasteiger partial charge in [-0.05, 0) is 37.5 Å². The average molecular weight is 281 g/mol. The smallest absolute Gasteiger partial charge is 0.255 e. The maximum Gasteiger partial charge on any atom is 0.255 e. The number of aromatic hydroxyl groups is 1. The van der Waals surface area contributed by atoms with E-state index in [4.69, 9.17) is 9.47 Å². The molecule has 0 fully saturated rings.